The molecule has 2 aromatic carbocycles. The Morgan fingerprint density at radius 1 is 1.12 bits per heavy atom. The summed E-state index contributed by atoms with van der Waals surface area (Å²) in [5.41, 5.74) is 1.06. The van der Waals surface area contributed by atoms with E-state index in [4.69, 9.17) is 23.2 Å². The quantitative estimate of drug-likeness (QED) is 0.734. The molecule has 0 spiro atoms. The zero-order valence-electron chi connectivity index (χ0n) is 12.3. The van der Waals surface area contributed by atoms with E-state index >= 15 is 0 Å². The van der Waals surface area contributed by atoms with Crippen molar-refractivity contribution in [3.63, 3.8) is 0 Å². The average Bonchev–Trinajstić information content (AvgIpc) is 2.87. The fraction of sp³-hybridized carbons (Fsp3) is 0.0588. The highest BCUT2D eigenvalue weighted by Crippen LogP contribution is 2.22. The Morgan fingerprint density at radius 3 is 2.67 bits per heavy atom. The molecule has 1 N–H and O–H groups in total. The number of rotatable bonds is 4. The first-order chi connectivity index (χ1) is 11.5. The van der Waals surface area contributed by atoms with Crippen LogP contribution in [0.2, 0.25) is 10.0 Å². The van der Waals surface area contributed by atoms with Crippen molar-refractivity contribution >= 4 is 34.9 Å². The van der Waals surface area contributed by atoms with Crippen LogP contribution in [0.3, 0.4) is 0 Å². The van der Waals surface area contributed by atoms with Crippen LogP contribution in [-0.2, 0) is 6.54 Å². The van der Waals surface area contributed by atoms with Gasteiger partial charge < -0.3 is 5.32 Å². The Labute approximate surface area is 147 Å². The second-order valence-electron chi connectivity index (χ2n) is 5.09. The van der Waals surface area contributed by atoms with E-state index in [1.54, 1.807) is 42.6 Å². The van der Waals surface area contributed by atoms with Gasteiger partial charge in [0.15, 0.2) is 5.82 Å². The molecule has 3 rings (SSSR count). The van der Waals surface area contributed by atoms with Crippen LogP contribution in [-0.4, -0.2) is 15.7 Å². The molecule has 24 heavy (non-hydrogen) atoms. The fourth-order valence-corrected chi connectivity index (χ4v) is 2.62. The molecule has 122 valence electrons. The molecule has 0 saturated heterocycles. The van der Waals surface area contributed by atoms with E-state index < -0.39 is 5.91 Å². The summed E-state index contributed by atoms with van der Waals surface area (Å²) in [5.74, 6) is -0.505. The van der Waals surface area contributed by atoms with Crippen LogP contribution in [0.25, 0.3) is 0 Å². The van der Waals surface area contributed by atoms with Crippen molar-refractivity contribution in [2.24, 2.45) is 0 Å². The highest BCUT2D eigenvalue weighted by Gasteiger charge is 2.14. The zero-order chi connectivity index (χ0) is 17.1. The number of carbonyl (C=O) groups excluding carboxylic acids is 1. The molecule has 1 amide bonds. The van der Waals surface area contributed by atoms with Crippen LogP contribution in [0.15, 0.2) is 54.7 Å². The summed E-state index contributed by atoms with van der Waals surface area (Å²) < 4.78 is 14.8. The summed E-state index contributed by atoms with van der Waals surface area (Å²) in [4.78, 5) is 12.2. The second-order valence-corrected chi connectivity index (χ2v) is 5.90. The number of nitrogens with one attached hydrogen (secondary N) is 1. The van der Waals surface area contributed by atoms with Crippen molar-refractivity contribution in [2.75, 3.05) is 5.32 Å². The van der Waals surface area contributed by atoms with Gasteiger partial charge in [-0.2, -0.15) is 5.10 Å². The van der Waals surface area contributed by atoms with Gasteiger partial charge in [0.1, 0.15) is 10.8 Å². The second kappa shape index (κ2) is 7.03. The molecule has 0 bridgehead atoms. The van der Waals surface area contributed by atoms with Crippen molar-refractivity contribution < 1.29 is 9.18 Å². The Morgan fingerprint density at radius 2 is 1.92 bits per heavy atom. The Bertz CT molecular complexity index is 895. The van der Waals surface area contributed by atoms with Gasteiger partial charge in [0.05, 0.1) is 17.1 Å². The van der Waals surface area contributed by atoms with Gasteiger partial charge in [0, 0.05) is 6.20 Å². The van der Waals surface area contributed by atoms with Gasteiger partial charge in [-0.25, -0.2) is 4.39 Å². The van der Waals surface area contributed by atoms with Crippen molar-refractivity contribution in [1.29, 1.82) is 0 Å². The maximum atomic E-state index is 13.2. The summed E-state index contributed by atoms with van der Waals surface area (Å²) in [5, 5.41) is 7.46. The summed E-state index contributed by atoms with van der Waals surface area (Å²) in [6.45, 7) is 0.333. The maximum absolute atomic E-state index is 13.2. The molecular weight excluding hydrogens is 352 g/mol. The molecule has 1 aromatic heterocycles. The molecule has 3 aromatic rings. The molecular formula is C17H12Cl2FN3O. The number of carbonyl (C=O) groups is 1. The summed E-state index contributed by atoms with van der Waals surface area (Å²) in [7, 11) is 0. The van der Waals surface area contributed by atoms with E-state index in [0.717, 1.165) is 5.56 Å². The van der Waals surface area contributed by atoms with Gasteiger partial charge in [-0.15, -0.1) is 0 Å². The van der Waals surface area contributed by atoms with E-state index in [-0.39, 0.29) is 16.7 Å². The van der Waals surface area contributed by atoms with Gasteiger partial charge >= 0.3 is 0 Å². The van der Waals surface area contributed by atoms with Gasteiger partial charge in [0.25, 0.3) is 5.91 Å². The molecule has 7 heteroatoms. The first kappa shape index (κ1) is 16.5. The van der Waals surface area contributed by atoms with Crippen LogP contribution in [0, 0.1) is 5.82 Å². The van der Waals surface area contributed by atoms with Crippen LogP contribution in [0.1, 0.15) is 15.9 Å². The molecule has 0 fully saturated rings. The number of nitrogens with zero attached hydrogens (tertiary/aromatic N) is 2. The molecule has 0 atom stereocenters. The molecule has 0 saturated carbocycles. The third-order valence-corrected chi connectivity index (χ3v) is 3.91. The lowest BCUT2D eigenvalue weighted by atomic mass is 10.2. The predicted molar refractivity (Wildman–Crippen MR) is 92.1 cm³/mol. The van der Waals surface area contributed by atoms with Gasteiger partial charge in [-0.1, -0.05) is 47.5 Å². The van der Waals surface area contributed by atoms with E-state index in [1.807, 2.05) is 0 Å². The fourth-order valence-electron chi connectivity index (χ4n) is 2.21. The number of halogens is 3. The number of benzene rings is 2. The van der Waals surface area contributed by atoms with Crippen molar-refractivity contribution in [1.82, 2.24) is 9.78 Å². The lowest BCUT2D eigenvalue weighted by Gasteiger charge is -2.05. The molecule has 1 heterocycles. The number of anilines is 1. The van der Waals surface area contributed by atoms with Crippen molar-refractivity contribution in [3.8, 4) is 0 Å². The highest BCUT2D eigenvalue weighted by atomic mass is 35.5. The van der Waals surface area contributed by atoms with E-state index in [1.165, 1.54) is 16.8 Å². The smallest absolute Gasteiger partial charge is 0.258 e. The number of hydrogen-bond acceptors (Lipinski definition) is 2. The van der Waals surface area contributed by atoms with Crippen molar-refractivity contribution in [3.05, 3.63) is 81.7 Å². The largest absolute Gasteiger partial charge is 0.304 e. The third kappa shape index (κ3) is 3.75. The van der Waals surface area contributed by atoms with Gasteiger partial charge in [-0.05, 0) is 29.8 Å². The molecule has 0 aliphatic heterocycles. The van der Waals surface area contributed by atoms with Crippen LogP contribution < -0.4 is 5.32 Å². The predicted octanol–water partition coefficient (Wildman–Crippen LogP) is 4.63. The SMILES string of the molecule is O=C(Nc1nn(Cc2cccc(F)c2)cc1Cl)c1ccccc1Cl. The van der Waals surface area contributed by atoms with Crippen LogP contribution in [0.4, 0.5) is 10.2 Å². The first-order valence-corrected chi connectivity index (χ1v) is 7.82. The highest BCUT2D eigenvalue weighted by molar-refractivity contribution is 6.35. The minimum Gasteiger partial charge on any atom is -0.304 e. The Balaban J connectivity index is 1.77. The number of aromatic nitrogens is 2. The summed E-state index contributed by atoms with van der Waals surface area (Å²) >= 11 is 12.1. The van der Waals surface area contributed by atoms with Crippen LogP contribution in [0.5, 0.6) is 0 Å². The Kier molecular flexibility index (Phi) is 4.83. The van der Waals surface area contributed by atoms with E-state index in [9.17, 15) is 9.18 Å². The zero-order valence-corrected chi connectivity index (χ0v) is 13.9. The lowest BCUT2D eigenvalue weighted by Crippen LogP contribution is -2.13. The van der Waals surface area contributed by atoms with E-state index in [0.29, 0.717) is 17.1 Å². The minimum atomic E-state index is -0.404. The standard InChI is InChI=1S/C17H12Cl2FN3O/c18-14-7-2-1-6-13(14)17(24)21-16-15(19)10-23(22-16)9-11-4-3-5-12(20)8-11/h1-8,10H,9H2,(H,21,22,24). The first-order valence-electron chi connectivity index (χ1n) is 7.06. The van der Waals surface area contributed by atoms with Crippen molar-refractivity contribution in [2.45, 2.75) is 6.54 Å². The monoisotopic (exact) mass is 363 g/mol. The molecule has 0 unspecified atom stereocenters. The minimum absolute atomic E-state index is 0.220. The maximum Gasteiger partial charge on any atom is 0.258 e. The molecule has 0 aliphatic rings. The topological polar surface area (TPSA) is 46.9 Å². The normalized spacial score (nSPS) is 10.6. The summed E-state index contributed by atoms with van der Waals surface area (Å²) in [6.07, 6.45) is 1.56. The molecule has 4 nitrogen and oxygen atoms in total. The number of hydrogen-bond donors (Lipinski definition) is 1. The lowest BCUT2D eigenvalue weighted by molar-refractivity contribution is 0.102. The molecule has 0 aliphatic carbocycles. The Hall–Kier alpha value is -2.37. The molecule has 0 radical (unpaired) electrons. The van der Waals surface area contributed by atoms with Gasteiger partial charge in [-0.3, -0.25) is 9.48 Å². The van der Waals surface area contributed by atoms with E-state index in [2.05, 4.69) is 10.4 Å². The van der Waals surface area contributed by atoms with Crippen LogP contribution >= 0.6 is 23.2 Å². The average molecular weight is 364 g/mol. The number of amides is 1. The van der Waals surface area contributed by atoms with Gasteiger partial charge in [0.2, 0.25) is 0 Å². The third-order valence-electron chi connectivity index (χ3n) is 3.30. The summed E-state index contributed by atoms with van der Waals surface area (Å²) in [6, 6.07) is 12.9.